The maximum absolute atomic E-state index is 13.2. The highest BCUT2D eigenvalue weighted by molar-refractivity contribution is 8.04. The predicted octanol–water partition coefficient (Wildman–Crippen LogP) is 7.54. The van der Waals surface area contributed by atoms with E-state index in [1.165, 1.54) is 31.2 Å². The van der Waals surface area contributed by atoms with E-state index in [1.54, 1.807) is 23.5 Å². The van der Waals surface area contributed by atoms with Crippen molar-refractivity contribution in [1.82, 2.24) is 0 Å². The van der Waals surface area contributed by atoms with Crippen molar-refractivity contribution in [3.8, 4) is 0 Å². The third-order valence-electron chi connectivity index (χ3n) is 6.24. The molecule has 3 aliphatic rings. The van der Waals surface area contributed by atoms with Crippen LogP contribution in [0.1, 0.15) is 33.1 Å². The Morgan fingerprint density at radius 2 is 1.18 bits per heavy atom. The number of nitrogens with zero attached hydrogens (tertiary/aromatic N) is 2. The quantitative estimate of drug-likeness (QED) is 0.428. The highest BCUT2D eigenvalue weighted by Gasteiger charge is 2.25. The summed E-state index contributed by atoms with van der Waals surface area (Å²) < 4.78 is 0. The van der Waals surface area contributed by atoms with Gasteiger partial charge in [-0.15, -0.1) is 0 Å². The van der Waals surface area contributed by atoms with E-state index in [2.05, 4.69) is 96.5 Å². The highest BCUT2D eigenvalue weighted by Crippen LogP contribution is 2.46. The predicted molar refractivity (Wildman–Crippen MR) is 142 cm³/mol. The molecule has 33 heavy (non-hydrogen) atoms. The van der Waals surface area contributed by atoms with E-state index in [0.717, 1.165) is 43.5 Å². The fourth-order valence-electron chi connectivity index (χ4n) is 4.57. The standard InChI is InChI=1S/C28H28N2OS2/c1-3-29-22-12-5-7-14-24(22)32-26(29)18-16-20-10-9-11-21(28(20)31)17-19-27-30(4-2)23-13-6-8-15-25(23)33-27/h5-8,12-19H,3-4,9-11H2,1-2H3/b20-16-,21-17+,26-18-,27-19-. The molecule has 2 aliphatic heterocycles. The van der Waals surface area contributed by atoms with Crippen LogP contribution in [0.15, 0.2) is 104 Å². The van der Waals surface area contributed by atoms with Crippen LogP contribution < -0.4 is 9.80 Å². The van der Waals surface area contributed by atoms with Crippen LogP contribution >= 0.6 is 23.5 Å². The number of carbonyl (C=O) groups excluding carboxylic acids is 1. The van der Waals surface area contributed by atoms with Crippen molar-refractivity contribution in [2.24, 2.45) is 0 Å². The van der Waals surface area contributed by atoms with Gasteiger partial charge in [0.05, 0.1) is 21.4 Å². The van der Waals surface area contributed by atoms with Gasteiger partial charge in [-0.05, 0) is 80.7 Å². The fourth-order valence-corrected chi connectivity index (χ4v) is 6.83. The van der Waals surface area contributed by atoms with Crippen molar-refractivity contribution in [2.75, 3.05) is 22.9 Å². The molecule has 0 spiro atoms. The molecule has 1 aliphatic carbocycles. The van der Waals surface area contributed by atoms with Crippen LogP contribution in [0.3, 0.4) is 0 Å². The number of allylic oxidation sites excluding steroid dienone is 6. The summed E-state index contributed by atoms with van der Waals surface area (Å²) in [6.07, 6.45) is 11.1. The van der Waals surface area contributed by atoms with E-state index in [1.807, 2.05) is 0 Å². The summed E-state index contributed by atoms with van der Waals surface area (Å²) in [7, 11) is 0. The topological polar surface area (TPSA) is 23.6 Å². The molecule has 2 aromatic rings. The number of rotatable bonds is 4. The molecule has 0 atom stereocenters. The zero-order valence-electron chi connectivity index (χ0n) is 19.1. The third kappa shape index (κ3) is 4.32. The molecule has 0 bridgehead atoms. The lowest BCUT2D eigenvalue weighted by atomic mass is 9.88. The van der Waals surface area contributed by atoms with Gasteiger partial charge in [0.25, 0.3) is 0 Å². The Balaban J connectivity index is 1.36. The first-order chi connectivity index (χ1) is 16.2. The maximum atomic E-state index is 13.2. The first-order valence-corrected chi connectivity index (χ1v) is 13.3. The molecule has 0 saturated heterocycles. The number of ketones is 1. The van der Waals surface area contributed by atoms with Crippen molar-refractivity contribution in [3.63, 3.8) is 0 Å². The molecule has 2 aromatic carbocycles. The van der Waals surface area contributed by atoms with Crippen LogP contribution in [-0.4, -0.2) is 18.9 Å². The van der Waals surface area contributed by atoms with Crippen molar-refractivity contribution in [3.05, 3.63) is 94.0 Å². The second kappa shape index (κ2) is 9.70. The van der Waals surface area contributed by atoms with Crippen LogP contribution in [0, 0.1) is 0 Å². The highest BCUT2D eigenvalue weighted by atomic mass is 32.2. The lowest BCUT2D eigenvalue weighted by Crippen LogP contribution is -2.17. The van der Waals surface area contributed by atoms with Gasteiger partial charge in [0, 0.05) is 22.9 Å². The number of Topliss-reactive ketones (excluding diaryl/α,β-unsaturated/α-hetero) is 1. The number of fused-ring (bicyclic) bond motifs is 2. The Morgan fingerprint density at radius 1 is 0.727 bits per heavy atom. The average molecular weight is 473 g/mol. The van der Waals surface area contributed by atoms with Crippen molar-refractivity contribution in [1.29, 1.82) is 0 Å². The molecule has 0 unspecified atom stereocenters. The monoisotopic (exact) mass is 472 g/mol. The molecule has 2 heterocycles. The molecular formula is C28H28N2OS2. The van der Waals surface area contributed by atoms with Crippen LogP contribution in [0.25, 0.3) is 0 Å². The molecule has 168 valence electrons. The van der Waals surface area contributed by atoms with Crippen LogP contribution in [0.5, 0.6) is 0 Å². The van der Waals surface area contributed by atoms with E-state index in [4.69, 9.17) is 0 Å². The van der Waals surface area contributed by atoms with Gasteiger partial charge in [0.2, 0.25) is 0 Å². The van der Waals surface area contributed by atoms with Gasteiger partial charge in [-0.1, -0.05) is 59.9 Å². The number of hydrogen-bond acceptors (Lipinski definition) is 5. The lowest BCUT2D eigenvalue weighted by molar-refractivity contribution is -0.113. The van der Waals surface area contributed by atoms with E-state index < -0.39 is 0 Å². The molecular weight excluding hydrogens is 444 g/mol. The van der Waals surface area contributed by atoms with Gasteiger partial charge < -0.3 is 9.80 Å². The Kier molecular flexibility index (Phi) is 6.52. The van der Waals surface area contributed by atoms with E-state index >= 15 is 0 Å². The fraction of sp³-hybridized carbons (Fsp3) is 0.250. The SMILES string of the molecule is CCN1/C(=C/C=C2/CCC/C(=C\C=C3/Sc4ccccc4N3CC)C2=O)Sc2ccccc21. The number of thioether (sulfide) groups is 2. The molecule has 1 fully saturated rings. The van der Waals surface area contributed by atoms with Crippen molar-refractivity contribution in [2.45, 2.75) is 42.9 Å². The molecule has 5 rings (SSSR count). The van der Waals surface area contributed by atoms with Gasteiger partial charge >= 0.3 is 0 Å². The lowest BCUT2D eigenvalue weighted by Gasteiger charge is -2.19. The maximum Gasteiger partial charge on any atom is 0.184 e. The normalized spacial score (nSPS) is 22.7. The van der Waals surface area contributed by atoms with Gasteiger partial charge in [-0.25, -0.2) is 0 Å². The smallest absolute Gasteiger partial charge is 0.184 e. The van der Waals surface area contributed by atoms with Gasteiger partial charge in [-0.2, -0.15) is 0 Å². The first kappa shape index (κ1) is 22.2. The Morgan fingerprint density at radius 3 is 1.64 bits per heavy atom. The molecule has 0 aromatic heterocycles. The van der Waals surface area contributed by atoms with E-state index in [9.17, 15) is 4.79 Å². The second-order valence-electron chi connectivity index (χ2n) is 8.20. The zero-order chi connectivity index (χ0) is 22.8. The summed E-state index contributed by atoms with van der Waals surface area (Å²) in [5, 5.41) is 2.38. The molecule has 0 radical (unpaired) electrons. The van der Waals surface area contributed by atoms with Crippen LogP contribution in [-0.2, 0) is 4.79 Å². The number of para-hydroxylation sites is 2. The summed E-state index contributed by atoms with van der Waals surface area (Å²) in [4.78, 5) is 20.4. The minimum absolute atomic E-state index is 0.196. The third-order valence-corrected chi connectivity index (χ3v) is 8.50. The number of hydrogen-bond donors (Lipinski definition) is 0. The number of benzene rings is 2. The van der Waals surface area contributed by atoms with E-state index in [-0.39, 0.29) is 5.78 Å². The van der Waals surface area contributed by atoms with Crippen LogP contribution in [0.2, 0.25) is 0 Å². The van der Waals surface area contributed by atoms with Crippen LogP contribution in [0.4, 0.5) is 11.4 Å². The Bertz CT molecular complexity index is 1120. The average Bonchev–Trinajstić information content (AvgIpc) is 3.39. The Labute approximate surface area is 204 Å². The summed E-state index contributed by atoms with van der Waals surface area (Å²) in [6, 6.07) is 17.0. The Hall–Kier alpha value is -2.63. The van der Waals surface area contributed by atoms with Gasteiger partial charge in [0.1, 0.15) is 0 Å². The summed E-state index contributed by atoms with van der Waals surface area (Å²) in [6.45, 7) is 6.17. The summed E-state index contributed by atoms with van der Waals surface area (Å²) in [5.74, 6) is 0.196. The number of carbonyl (C=O) groups is 1. The second-order valence-corrected chi connectivity index (χ2v) is 10.3. The zero-order valence-corrected chi connectivity index (χ0v) is 20.7. The van der Waals surface area contributed by atoms with Gasteiger partial charge in [0.15, 0.2) is 5.78 Å². The first-order valence-electron chi connectivity index (χ1n) is 11.6. The van der Waals surface area contributed by atoms with Gasteiger partial charge in [-0.3, -0.25) is 4.79 Å². The van der Waals surface area contributed by atoms with Crippen molar-refractivity contribution < 1.29 is 4.79 Å². The molecule has 0 amide bonds. The largest absolute Gasteiger partial charge is 0.335 e. The number of anilines is 2. The minimum atomic E-state index is 0.196. The van der Waals surface area contributed by atoms with Crippen molar-refractivity contribution >= 4 is 40.7 Å². The molecule has 5 heteroatoms. The molecule has 1 saturated carbocycles. The molecule has 0 N–H and O–H groups in total. The van der Waals surface area contributed by atoms with E-state index in [0.29, 0.717) is 0 Å². The molecule has 3 nitrogen and oxygen atoms in total. The minimum Gasteiger partial charge on any atom is -0.335 e. The summed E-state index contributed by atoms with van der Waals surface area (Å²) >= 11 is 3.56. The summed E-state index contributed by atoms with van der Waals surface area (Å²) in [5.41, 5.74) is 4.35.